The predicted molar refractivity (Wildman–Crippen MR) is 101 cm³/mol. The Hall–Kier alpha value is 4.08. The fraction of sp³-hybridized carbons (Fsp3) is 0.130. The third-order valence-corrected chi connectivity index (χ3v) is 2.47. The van der Waals surface area contributed by atoms with Crippen molar-refractivity contribution >= 4 is 0 Å². The summed E-state index contributed by atoms with van der Waals surface area (Å²) < 4.78 is 0. The molecule has 30 heavy (non-hydrogen) atoms. The van der Waals surface area contributed by atoms with Gasteiger partial charge in [-0.2, -0.15) is 54.1 Å². The monoisotopic (exact) mass is 850 g/mol. The van der Waals surface area contributed by atoms with E-state index in [2.05, 4.69) is 38.1 Å². The maximum absolute atomic E-state index is 8.89. The van der Waals surface area contributed by atoms with E-state index in [4.69, 9.17) is 5.11 Å². The molecule has 0 aromatic heterocycles. The number of aromatic hydroxyl groups is 1. The summed E-state index contributed by atoms with van der Waals surface area (Å²) in [6, 6.07) is 31.8. The van der Waals surface area contributed by atoms with E-state index >= 15 is 0 Å². The van der Waals surface area contributed by atoms with Crippen LogP contribution >= 0.6 is 0 Å². The van der Waals surface area contributed by atoms with Crippen LogP contribution in [0.3, 0.4) is 0 Å². The predicted octanol–water partition coefficient (Wildman–Crippen LogP) is 5.61. The molecule has 0 fully saturated rings. The fourth-order valence-corrected chi connectivity index (χ4v) is 1.29. The van der Waals surface area contributed by atoms with E-state index in [1.807, 2.05) is 62.4 Å². The average molecular weight is 850 g/mol. The molecule has 0 amide bonds. The molecule has 1 nitrogen and oxygen atoms in total. The molecule has 7 heteroatoms. The maximum Gasteiger partial charge on any atom is 0.00610 e. The topological polar surface area (TPSA) is 20.2 Å². The maximum atomic E-state index is 8.89. The smallest absolute Gasteiger partial charge is 0.00610 e. The summed E-state index contributed by atoms with van der Waals surface area (Å²) in [4.78, 5) is 0. The minimum absolute atomic E-state index is 0. The molecular weight excluding hydrogens is 826 g/mol. The molecule has 3 rings (SSSR count). The van der Waals surface area contributed by atoms with E-state index in [0.717, 1.165) is 12.0 Å². The van der Waals surface area contributed by atoms with Crippen molar-refractivity contribution in [1.82, 2.24) is 0 Å². The van der Waals surface area contributed by atoms with E-state index in [1.165, 1.54) is 5.56 Å². The number of hydrogen-bond acceptors (Lipinski definition) is 1. The van der Waals surface area contributed by atoms with Gasteiger partial charge in [0.2, 0.25) is 0 Å². The zero-order chi connectivity index (χ0) is 18.0. The third kappa shape index (κ3) is 36.6. The van der Waals surface area contributed by atoms with Crippen molar-refractivity contribution in [2.75, 3.05) is 0 Å². The van der Waals surface area contributed by atoms with Gasteiger partial charge in [-0.05, 0) is 0 Å². The molecule has 0 unspecified atom stereocenters. The Kier molecular flexibility index (Phi) is 68.3. The SMILES string of the molecule is Cc1[c-]cccc1.Cc1cc[c-]cc1O.[CH2-]C[CH2-].[Y].[Y].[Y].[Y].[Y].[Y].[c-]1c[c-]ccc1. The van der Waals surface area contributed by atoms with Crippen LogP contribution in [0.25, 0.3) is 0 Å². The molecule has 146 valence electrons. The number of aryl methyl sites for hydroxylation is 2. The van der Waals surface area contributed by atoms with Crippen LogP contribution < -0.4 is 0 Å². The Balaban J connectivity index is -0.0000000456. The molecule has 0 aliphatic carbocycles. The van der Waals surface area contributed by atoms with Crippen LogP contribution in [0, 0.1) is 52.0 Å². The van der Waals surface area contributed by atoms with Crippen LogP contribution in [0.4, 0.5) is 0 Å². The van der Waals surface area contributed by atoms with Crippen molar-refractivity contribution in [2.24, 2.45) is 0 Å². The minimum atomic E-state index is 0. The van der Waals surface area contributed by atoms with Crippen LogP contribution in [0.1, 0.15) is 17.5 Å². The van der Waals surface area contributed by atoms with Crippen molar-refractivity contribution in [3.8, 4) is 5.75 Å². The quantitative estimate of drug-likeness (QED) is 0.292. The first-order valence-corrected chi connectivity index (χ1v) is 7.61. The van der Waals surface area contributed by atoms with Crippen LogP contribution in [0.5, 0.6) is 5.75 Å². The van der Waals surface area contributed by atoms with E-state index in [0.29, 0.717) is 5.75 Å². The van der Waals surface area contributed by atoms with E-state index in [9.17, 15) is 0 Å². The van der Waals surface area contributed by atoms with Gasteiger partial charge in [0.15, 0.2) is 0 Å². The molecule has 0 saturated carbocycles. The Morgan fingerprint density at radius 3 is 1.47 bits per heavy atom. The molecule has 0 bridgehead atoms. The van der Waals surface area contributed by atoms with E-state index < -0.39 is 0 Å². The molecule has 0 aliphatic heterocycles. The first kappa shape index (κ1) is 50.9. The summed E-state index contributed by atoms with van der Waals surface area (Å²) in [5, 5.41) is 8.89. The van der Waals surface area contributed by atoms with Gasteiger partial charge in [0, 0.05) is 202 Å². The third-order valence-electron chi connectivity index (χ3n) is 2.47. The molecule has 6 radical (unpaired) electrons. The van der Waals surface area contributed by atoms with E-state index in [1.54, 1.807) is 18.2 Å². The summed E-state index contributed by atoms with van der Waals surface area (Å²) in [5.74, 6) is 0.313. The zero-order valence-electron chi connectivity index (χ0n) is 17.9. The molecule has 3 aromatic rings. The van der Waals surface area contributed by atoms with Gasteiger partial charge < -0.3 is 43.6 Å². The minimum Gasteiger partial charge on any atom is -0.565 e. The molecular formula is C23H24OY6-6. The number of rotatable bonds is 0. The second-order valence-electron chi connectivity index (χ2n) is 4.62. The standard InChI is InChI=1S/C7H7O.C7H7.C6H4.C3H6.6Y/c1-6-4-2-3-5-7(6)8;1-7-5-3-2-4-6-7;1-2-4-6-5-3-1;1-3-2;;;;;;/h2,4-5,8H,1H3;2-5H,1H3;1-3,6H;1-3H2;;;;;;/q2*-1;2*-2;;;;;;. The van der Waals surface area contributed by atoms with Crippen molar-refractivity contribution in [1.29, 1.82) is 0 Å². The van der Waals surface area contributed by atoms with Crippen LogP contribution in [0.2, 0.25) is 0 Å². The van der Waals surface area contributed by atoms with Crippen molar-refractivity contribution in [3.05, 3.63) is 116 Å². The molecule has 1 N–H and O–H groups in total. The van der Waals surface area contributed by atoms with Crippen LogP contribution in [-0.2, 0) is 196 Å². The summed E-state index contributed by atoms with van der Waals surface area (Å²) in [6.07, 6.45) is 0.750. The number of phenols is 1. The second-order valence-corrected chi connectivity index (χ2v) is 4.62. The van der Waals surface area contributed by atoms with Crippen molar-refractivity contribution in [2.45, 2.75) is 20.3 Å². The molecule has 0 heterocycles. The summed E-state index contributed by atoms with van der Waals surface area (Å²) >= 11 is 0. The molecule has 0 atom stereocenters. The Morgan fingerprint density at radius 1 is 0.733 bits per heavy atom. The fourth-order valence-electron chi connectivity index (χ4n) is 1.29. The van der Waals surface area contributed by atoms with Gasteiger partial charge in [-0.15, -0.1) is 11.6 Å². The molecule has 0 saturated heterocycles. The largest absolute Gasteiger partial charge is 0.565 e. The first-order chi connectivity index (χ1) is 11.6. The molecule has 0 aliphatic rings. The number of benzene rings is 3. The van der Waals surface area contributed by atoms with Gasteiger partial charge >= 0.3 is 0 Å². The van der Waals surface area contributed by atoms with Gasteiger partial charge in [0.05, 0.1) is 0 Å². The average Bonchev–Trinajstić information content (AvgIpc) is 2.62. The Morgan fingerprint density at radius 2 is 1.27 bits per heavy atom. The molecule has 3 aromatic carbocycles. The van der Waals surface area contributed by atoms with Crippen molar-refractivity contribution in [3.63, 3.8) is 0 Å². The van der Waals surface area contributed by atoms with Gasteiger partial charge in [0.1, 0.15) is 0 Å². The van der Waals surface area contributed by atoms with Gasteiger partial charge in [0.25, 0.3) is 0 Å². The summed E-state index contributed by atoms with van der Waals surface area (Å²) in [6.45, 7) is 10.6. The van der Waals surface area contributed by atoms with Crippen molar-refractivity contribution < 1.29 is 201 Å². The van der Waals surface area contributed by atoms with Crippen LogP contribution in [0.15, 0.2) is 66.7 Å². The van der Waals surface area contributed by atoms with Gasteiger partial charge in [-0.25, -0.2) is 0 Å². The molecule has 0 spiro atoms. The van der Waals surface area contributed by atoms with Gasteiger partial charge in [-0.3, -0.25) is 18.2 Å². The summed E-state index contributed by atoms with van der Waals surface area (Å²) in [5.41, 5.74) is 2.09. The second kappa shape index (κ2) is 40.3. The van der Waals surface area contributed by atoms with Crippen LogP contribution in [-0.4, -0.2) is 5.11 Å². The summed E-state index contributed by atoms with van der Waals surface area (Å²) in [7, 11) is 0. The Bertz CT molecular complexity index is 577. The number of hydrogen-bond donors (Lipinski definition) is 1. The zero-order valence-corrected chi connectivity index (χ0v) is 34.9. The number of phenolic OH excluding ortho intramolecular Hbond substituents is 1. The Labute approximate surface area is 335 Å². The first-order valence-electron chi connectivity index (χ1n) is 7.61. The van der Waals surface area contributed by atoms with E-state index in [-0.39, 0.29) is 196 Å². The normalized spacial score (nSPS) is 6.67. The van der Waals surface area contributed by atoms with Gasteiger partial charge in [-0.1, -0.05) is 13.8 Å².